The number of halogens is 1. The van der Waals surface area contributed by atoms with Crippen LogP contribution in [0.3, 0.4) is 0 Å². The first-order chi connectivity index (χ1) is 10.1. The third-order valence-corrected chi connectivity index (χ3v) is 3.11. The van der Waals surface area contributed by atoms with Gasteiger partial charge in [0.15, 0.2) is 0 Å². The normalized spacial score (nSPS) is 12.5. The van der Waals surface area contributed by atoms with E-state index in [1.807, 2.05) is 0 Å². The monoisotopic (exact) mass is 285 g/mol. The third kappa shape index (κ3) is 2.84. The van der Waals surface area contributed by atoms with Crippen LogP contribution in [-0.4, -0.2) is 11.9 Å². The van der Waals surface area contributed by atoms with E-state index in [1.165, 1.54) is 12.1 Å². The molecule has 5 nitrogen and oxygen atoms in total. The Morgan fingerprint density at radius 3 is 2.76 bits per heavy atom. The van der Waals surface area contributed by atoms with Gasteiger partial charge in [0.2, 0.25) is 5.91 Å². The molecule has 0 aromatic heterocycles. The second kappa shape index (κ2) is 5.24. The van der Waals surface area contributed by atoms with Crippen molar-refractivity contribution < 1.29 is 14.0 Å². The number of hydrogen-bond donors (Lipinski definition) is 3. The zero-order chi connectivity index (χ0) is 14.8. The van der Waals surface area contributed by atoms with Crippen molar-refractivity contribution in [2.75, 3.05) is 16.0 Å². The molecule has 21 heavy (non-hydrogen) atoms. The highest BCUT2D eigenvalue weighted by molar-refractivity contribution is 6.02. The van der Waals surface area contributed by atoms with Gasteiger partial charge in [0.1, 0.15) is 5.82 Å². The molecule has 1 heterocycles. The number of nitrogens with one attached hydrogen (secondary N) is 3. The van der Waals surface area contributed by atoms with Crippen molar-refractivity contribution in [1.82, 2.24) is 0 Å². The van der Waals surface area contributed by atoms with E-state index in [1.54, 1.807) is 30.3 Å². The van der Waals surface area contributed by atoms with E-state index in [-0.39, 0.29) is 11.6 Å². The van der Waals surface area contributed by atoms with Crippen LogP contribution in [0.15, 0.2) is 42.5 Å². The van der Waals surface area contributed by atoms with Crippen LogP contribution in [0.2, 0.25) is 0 Å². The van der Waals surface area contributed by atoms with Crippen LogP contribution in [0.25, 0.3) is 0 Å². The van der Waals surface area contributed by atoms with Gasteiger partial charge < -0.3 is 16.0 Å². The third-order valence-electron chi connectivity index (χ3n) is 3.11. The van der Waals surface area contributed by atoms with E-state index in [0.29, 0.717) is 12.1 Å². The Kier molecular flexibility index (Phi) is 3.27. The quantitative estimate of drug-likeness (QED) is 0.794. The maximum atomic E-state index is 13.4. The molecule has 0 fully saturated rings. The number of amides is 3. The van der Waals surface area contributed by atoms with E-state index in [4.69, 9.17) is 0 Å². The molecular weight excluding hydrogens is 273 g/mol. The highest BCUT2D eigenvalue weighted by Crippen LogP contribution is 2.26. The molecule has 0 spiro atoms. The minimum Gasteiger partial charge on any atom is -0.326 e. The van der Waals surface area contributed by atoms with E-state index in [2.05, 4.69) is 16.0 Å². The number of carbonyl (C=O) groups excluding carboxylic acids is 2. The summed E-state index contributed by atoms with van der Waals surface area (Å²) in [6.07, 6.45) is 0.291. The number of anilines is 3. The summed E-state index contributed by atoms with van der Waals surface area (Å²) < 4.78 is 13.4. The lowest BCUT2D eigenvalue weighted by Crippen LogP contribution is -2.20. The molecule has 0 saturated carbocycles. The molecule has 0 saturated heterocycles. The van der Waals surface area contributed by atoms with Gasteiger partial charge in [0.05, 0.1) is 12.1 Å². The van der Waals surface area contributed by atoms with Crippen LogP contribution in [0.4, 0.5) is 26.2 Å². The Labute approximate surface area is 120 Å². The van der Waals surface area contributed by atoms with Crippen LogP contribution >= 0.6 is 0 Å². The molecule has 1 aliphatic heterocycles. The Morgan fingerprint density at radius 2 is 1.95 bits per heavy atom. The van der Waals surface area contributed by atoms with Gasteiger partial charge in [-0.15, -0.1) is 0 Å². The molecule has 2 aromatic carbocycles. The van der Waals surface area contributed by atoms with Gasteiger partial charge in [-0.25, -0.2) is 9.18 Å². The fourth-order valence-electron chi connectivity index (χ4n) is 2.15. The van der Waals surface area contributed by atoms with Crippen molar-refractivity contribution in [3.63, 3.8) is 0 Å². The predicted molar refractivity (Wildman–Crippen MR) is 77.8 cm³/mol. The fraction of sp³-hybridized carbons (Fsp3) is 0.0667. The average molecular weight is 285 g/mol. The number of hydrogen-bond acceptors (Lipinski definition) is 2. The Balaban J connectivity index is 1.70. The van der Waals surface area contributed by atoms with E-state index < -0.39 is 11.8 Å². The van der Waals surface area contributed by atoms with Gasteiger partial charge >= 0.3 is 6.03 Å². The van der Waals surface area contributed by atoms with Gasteiger partial charge in [0, 0.05) is 11.4 Å². The second-order valence-corrected chi connectivity index (χ2v) is 4.66. The van der Waals surface area contributed by atoms with Crippen LogP contribution in [0.1, 0.15) is 5.56 Å². The van der Waals surface area contributed by atoms with Crippen molar-refractivity contribution in [2.45, 2.75) is 6.42 Å². The lowest BCUT2D eigenvalue weighted by Gasteiger charge is -2.09. The zero-order valence-corrected chi connectivity index (χ0v) is 10.9. The summed E-state index contributed by atoms with van der Waals surface area (Å²) in [5.41, 5.74) is 2.22. The summed E-state index contributed by atoms with van der Waals surface area (Å²) in [7, 11) is 0. The summed E-state index contributed by atoms with van der Waals surface area (Å²) in [6.45, 7) is 0. The maximum absolute atomic E-state index is 13.4. The molecule has 106 valence electrons. The minimum atomic E-state index is -0.544. The number of rotatable bonds is 2. The van der Waals surface area contributed by atoms with Crippen molar-refractivity contribution in [2.24, 2.45) is 0 Å². The first kappa shape index (κ1) is 13.1. The lowest BCUT2D eigenvalue weighted by molar-refractivity contribution is -0.115. The van der Waals surface area contributed by atoms with E-state index in [9.17, 15) is 14.0 Å². The van der Waals surface area contributed by atoms with Crippen LogP contribution < -0.4 is 16.0 Å². The number of carbonyl (C=O) groups is 2. The van der Waals surface area contributed by atoms with Crippen LogP contribution in [-0.2, 0) is 11.2 Å². The Bertz CT molecular complexity index is 731. The van der Waals surface area contributed by atoms with Gasteiger partial charge in [-0.1, -0.05) is 12.1 Å². The van der Waals surface area contributed by atoms with Crippen LogP contribution in [0.5, 0.6) is 0 Å². The Hall–Kier alpha value is -2.89. The van der Waals surface area contributed by atoms with Gasteiger partial charge in [-0.2, -0.15) is 0 Å². The van der Waals surface area contributed by atoms with Crippen LogP contribution in [0, 0.1) is 5.82 Å². The van der Waals surface area contributed by atoms with Gasteiger partial charge in [-0.3, -0.25) is 4.79 Å². The Morgan fingerprint density at radius 1 is 1.14 bits per heavy atom. The number of fused-ring (bicyclic) bond motifs is 1. The molecule has 0 aliphatic carbocycles. The smallest absolute Gasteiger partial charge is 0.323 e. The van der Waals surface area contributed by atoms with E-state index in [0.717, 1.165) is 11.3 Å². The number of para-hydroxylation sites is 1. The van der Waals surface area contributed by atoms with Crippen molar-refractivity contribution in [1.29, 1.82) is 0 Å². The number of benzene rings is 2. The fourth-order valence-corrected chi connectivity index (χ4v) is 2.15. The first-order valence-corrected chi connectivity index (χ1v) is 6.37. The molecule has 0 radical (unpaired) electrons. The molecule has 0 bridgehead atoms. The molecule has 2 aromatic rings. The average Bonchev–Trinajstić information content (AvgIpc) is 2.80. The van der Waals surface area contributed by atoms with Gasteiger partial charge in [0.25, 0.3) is 0 Å². The molecule has 0 atom stereocenters. The first-order valence-electron chi connectivity index (χ1n) is 6.37. The summed E-state index contributed by atoms with van der Waals surface area (Å²) in [5.74, 6) is -0.575. The SMILES string of the molecule is O=C1Cc2cc(NC(=O)Nc3ccccc3F)ccc2N1. The molecule has 3 N–H and O–H groups in total. The molecule has 1 aliphatic rings. The minimum absolute atomic E-state index is 0.0713. The highest BCUT2D eigenvalue weighted by Gasteiger charge is 2.17. The summed E-state index contributed by atoms with van der Waals surface area (Å²) >= 11 is 0. The van der Waals surface area contributed by atoms with Crippen molar-refractivity contribution in [3.8, 4) is 0 Å². The molecule has 3 rings (SSSR count). The molecule has 0 unspecified atom stereocenters. The lowest BCUT2D eigenvalue weighted by atomic mass is 10.1. The standard InChI is InChI=1S/C15H12FN3O2/c16-11-3-1-2-4-13(11)19-15(21)17-10-5-6-12-9(7-10)8-14(20)18-12/h1-7H,8H2,(H,18,20)(H2,17,19,21). The number of urea groups is 1. The molecular formula is C15H12FN3O2. The van der Waals surface area contributed by atoms with Gasteiger partial charge in [-0.05, 0) is 35.9 Å². The zero-order valence-electron chi connectivity index (χ0n) is 10.9. The maximum Gasteiger partial charge on any atom is 0.323 e. The molecule has 3 amide bonds. The topological polar surface area (TPSA) is 70.2 Å². The largest absolute Gasteiger partial charge is 0.326 e. The highest BCUT2D eigenvalue weighted by atomic mass is 19.1. The predicted octanol–water partition coefficient (Wildman–Crippen LogP) is 2.96. The molecule has 6 heteroatoms. The summed E-state index contributed by atoms with van der Waals surface area (Å²) in [6, 6.07) is 10.5. The van der Waals surface area contributed by atoms with Crippen molar-refractivity contribution >= 4 is 29.0 Å². The van der Waals surface area contributed by atoms with E-state index >= 15 is 0 Å². The summed E-state index contributed by atoms with van der Waals surface area (Å²) in [5, 5.41) is 7.74. The summed E-state index contributed by atoms with van der Waals surface area (Å²) in [4.78, 5) is 23.1. The van der Waals surface area contributed by atoms with Crippen molar-refractivity contribution in [3.05, 3.63) is 53.8 Å². The second-order valence-electron chi connectivity index (χ2n) is 4.66.